The molecule has 2 aromatic heterocycles. The molecule has 0 atom stereocenters. The van der Waals surface area contributed by atoms with Crippen molar-refractivity contribution in [2.24, 2.45) is 7.05 Å². The highest BCUT2D eigenvalue weighted by atomic mass is 16.5. The summed E-state index contributed by atoms with van der Waals surface area (Å²) in [4.78, 5) is 37.5. The first-order valence-electron chi connectivity index (χ1n) is 10.6. The summed E-state index contributed by atoms with van der Waals surface area (Å²) in [6.45, 7) is 5.31. The smallest absolute Gasteiger partial charge is 0.340 e. The maximum atomic E-state index is 13.2. The SMILES string of the molecule is COC(=O)Cc1c(C)c2c(OCC(=O)c3c(C)n(C)c4ccccc34)cc(C)cc2oc1=O. The second kappa shape index (κ2) is 8.58. The molecule has 0 aliphatic heterocycles. The molecule has 0 N–H and O–H groups in total. The summed E-state index contributed by atoms with van der Waals surface area (Å²) in [5.74, 6) is -0.270. The molecular weight excluding hydrogens is 422 g/mol. The van der Waals surface area contributed by atoms with E-state index in [0.29, 0.717) is 27.8 Å². The van der Waals surface area contributed by atoms with Crippen LogP contribution < -0.4 is 10.4 Å². The minimum atomic E-state index is -0.593. The summed E-state index contributed by atoms with van der Waals surface area (Å²) >= 11 is 0. The van der Waals surface area contributed by atoms with Crippen LogP contribution in [0.2, 0.25) is 0 Å². The number of methoxy groups -OCH3 is 1. The first kappa shape index (κ1) is 22.3. The van der Waals surface area contributed by atoms with Gasteiger partial charge < -0.3 is 18.5 Å². The van der Waals surface area contributed by atoms with E-state index in [4.69, 9.17) is 13.9 Å². The predicted octanol–water partition coefficient (Wildman–Crippen LogP) is 4.19. The van der Waals surface area contributed by atoms with E-state index < -0.39 is 11.6 Å². The molecule has 0 amide bonds. The largest absolute Gasteiger partial charge is 0.485 e. The van der Waals surface area contributed by atoms with Gasteiger partial charge in [0.2, 0.25) is 5.78 Å². The molecular formula is C26H25NO6. The van der Waals surface area contributed by atoms with Crippen molar-refractivity contribution in [2.45, 2.75) is 27.2 Å². The maximum absolute atomic E-state index is 13.2. The molecule has 0 radical (unpaired) electrons. The maximum Gasteiger partial charge on any atom is 0.340 e. The number of Topliss-reactive ketones (excluding diaryl/α,β-unsaturated/α-hetero) is 1. The van der Waals surface area contributed by atoms with Gasteiger partial charge >= 0.3 is 11.6 Å². The van der Waals surface area contributed by atoms with Crippen molar-refractivity contribution in [2.75, 3.05) is 13.7 Å². The van der Waals surface area contributed by atoms with Crippen molar-refractivity contribution in [3.05, 3.63) is 74.8 Å². The predicted molar refractivity (Wildman–Crippen MR) is 125 cm³/mol. The van der Waals surface area contributed by atoms with Gasteiger partial charge in [0.05, 0.1) is 24.5 Å². The van der Waals surface area contributed by atoms with Crippen LogP contribution in [0.25, 0.3) is 21.9 Å². The number of benzene rings is 2. The molecule has 0 unspecified atom stereocenters. The van der Waals surface area contributed by atoms with Crippen LogP contribution in [-0.2, 0) is 23.0 Å². The summed E-state index contributed by atoms with van der Waals surface area (Å²) in [5, 5.41) is 1.43. The first-order chi connectivity index (χ1) is 15.7. The Morgan fingerprint density at radius 1 is 1.09 bits per heavy atom. The van der Waals surface area contributed by atoms with Gasteiger partial charge in [0.25, 0.3) is 0 Å². The number of ketones is 1. The van der Waals surface area contributed by atoms with Crippen molar-refractivity contribution < 1.29 is 23.5 Å². The van der Waals surface area contributed by atoms with Gasteiger partial charge in [-0.2, -0.15) is 0 Å². The highest BCUT2D eigenvalue weighted by Gasteiger charge is 2.21. The topological polar surface area (TPSA) is 87.7 Å². The Kier molecular flexibility index (Phi) is 5.80. The molecule has 0 saturated carbocycles. The monoisotopic (exact) mass is 447 g/mol. The fourth-order valence-electron chi connectivity index (χ4n) is 4.26. The van der Waals surface area contributed by atoms with Gasteiger partial charge in [-0.25, -0.2) is 4.79 Å². The molecule has 0 spiro atoms. The summed E-state index contributed by atoms with van der Waals surface area (Å²) in [6.07, 6.45) is -0.206. The van der Waals surface area contributed by atoms with Crippen LogP contribution >= 0.6 is 0 Å². The zero-order chi connectivity index (χ0) is 23.9. The van der Waals surface area contributed by atoms with Crippen LogP contribution in [0.4, 0.5) is 0 Å². The number of aryl methyl sites for hydroxylation is 3. The van der Waals surface area contributed by atoms with E-state index in [0.717, 1.165) is 22.2 Å². The number of hydrogen-bond donors (Lipinski definition) is 0. The molecule has 170 valence electrons. The molecule has 33 heavy (non-hydrogen) atoms. The number of nitrogens with zero attached hydrogens (tertiary/aromatic N) is 1. The lowest BCUT2D eigenvalue weighted by atomic mass is 10.0. The average Bonchev–Trinajstić information content (AvgIpc) is 3.04. The Labute approximate surface area is 190 Å². The summed E-state index contributed by atoms with van der Waals surface area (Å²) in [5.41, 5.74) is 3.80. The second-order valence-corrected chi connectivity index (χ2v) is 8.13. The van der Waals surface area contributed by atoms with E-state index in [1.165, 1.54) is 7.11 Å². The highest BCUT2D eigenvalue weighted by molar-refractivity contribution is 6.10. The first-order valence-corrected chi connectivity index (χ1v) is 10.6. The number of para-hydroxylation sites is 1. The molecule has 7 nitrogen and oxygen atoms in total. The van der Waals surface area contributed by atoms with Crippen molar-refractivity contribution in [3.63, 3.8) is 0 Å². The minimum absolute atomic E-state index is 0.149. The van der Waals surface area contributed by atoms with Crippen LogP contribution in [0.3, 0.4) is 0 Å². The molecule has 4 aromatic rings. The van der Waals surface area contributed by atoms with Crippen molar-refractivity contribution in [1.82, 2.24) is 4.57 Å². The normalized spacial score (nSPS) is 11.2. The minimum Gasteiger partial charge on any atom is -0.485 e. The third-order valence-electron chi connectivity index (χ3n) is 6.07. The van der Waals surface area contributed by atoms with Crippen LogP contribution in [0.15, 0.2) is 45.6 Å². The second-order valence-electron chi connectivity index (χ2n) is 8.13. The molecule has 4 rings (SSSR count). The Morgan fingerprint density at radius 3 is 2.55 bits per heavy atom. The molecule has 2 aromatic carbocycles. The van der Waals surface area contributed by atoms with Crippen LogP contribution in [0.5, 0.6) is 5.75 Å². The van der Waals surface area contributed by atoms with Gasteiger partial charge in [-0.15, -0.1) is 0 Å². The lowest BCUT2D eigenvalue weighted by Gasteiger charge is -2.13. The molecule has 0 bridgehead atoms. The standard InChI is InChI=1S/C26H25NO6/c1-14-10-21(24-15(2)18(12-23(29)31-5)26(30)33-22(24)11-14)32-13-20(28)25-16(3)27(4)19-9-7-6-8-17(19)25/h6-11H,12-13H2,1-5H3. The van der Waals surface area contributed by atoms with E-state index in [2.05, 4.69) is 0 Å². The summed E-state index contributed by atoms with van der Waals surface area (Å²) < 4.78 is 18.2. The molecule has 0 aliphatic carbocycles. The molecule has 0 fully saturated rings. The zero-order valence-corrected chi connectivity index (χ0v) is 19.3. The summed E-state index contributed by atoms with van der Waals surface area (Å²) in [7, 11) is 3.19. The van der Waals surface area contributed by atoms with Gasteiger partial charge in [-0.3, -0.25) is 9.59 Å². The van der Waals surface area contributed by atoms with Gasteiger partial charge in [-0.1, -0.05) is 18.2 Å². The van der Waals surface area contributed by atoms with Gasteiger partial charge in [0, 0.05) is 29.2 Å². The highest BCUT2D eigenvalue weighted by Crippen LogP contribution is 2.32. The number of carbonyl (C=O) groups excluding carboxylic acids is 2. The lowest BCUT2D eigenvalue weighted by molar-refractivity contribution is -0.139. The van der Waals surface area contributed by atoms with Crippen molar-refractivity contribution >= 4 is 33.6 Å². The van der Waals surface area contributed by atoms with Crippen LogP contribution in [0, 0.1) is 20.8 Å². The Bertz CT molecular complexity index is 1470. The number of aromatic nitrogens is 1. The van der Waals surface area contributed by atoms with Crippen LogP contribution in [0.1, 0.15) is 32.7 Å². The number of ether oxygens (including phenoxy) is 2. The number of hydrogen-bond acceptors (Lipinski definition) is 6. The number of esters is 1. The Balaban J connectivity index is 1.74. The zero-order valence-electron chi connectivity index (χ0n) is 19.3. The number of rotatable bonds is 6. The Morgan fingerprint density at radius 2 is 1.82 bits per heavy atom. The van der Waals surface area contributed by atoms with Gasteiger partial charge in [0.1, 0.15) is 11.3 Å². The lowest BCUT2D eigenvalue weighted by Crippen LogP contribution is -2.17. The Hall–Kier alpha value is -3.87. The molecule has 0 aliphatic rings. The summed E-state index contributed by atoms with van der Waals surface area (Å²) in [6, 6.07) is 11.3. The fourth-order valence-corrected chi connectivity index (χ4v) is 4.26. The van der Waals surface area contributed by atoms with Gasteiger partial charge in [0.15, 0.2) is 6.61 Å². The van der Waals surface area contributed by atoms with Crippen molar-refractivity contribution in [3.8, 4) is 5.75 Å². The van der Waals surface area contributed by atoms with Crippen LogP contribution in [-0.4, -0.2) is 30.0 Å². The van der Waals surface area contributed by atoms with E-state index in [1.54, 1.807) is 19.1 Å². The van der Waals surface area contributed by atoms with E-state index in [-0.39, 0.29) is 24.4 Å². The van der Waals surface area contributed by atoms with Gasteiger partial charge in [-0.05, 0) is 50.1 Å². The molecule has 0 saturated heterocycles. The van der Waals surface area contributed by atoms with Crippen molar-refractivity contribution in [1.29, 1.82) is 0 Å². The molecule has 2 heterocycles. The third kappa shape index (κ3) is 3.91. The number of carbonyl (C=O) groups is 2. The molecule has 7 heteroatoms. The average molecular weight is 447 g/mol. The third-order valence-corrected chi connectivity index (χ3v) is 6.07. The number of fused-ring (bicyclic) bond motifs is 2. The van der Waals surface area contributed by atoms with E-state index in [1.807, 2.05) is 49.7 Å². The fraction of sp³-hybridized carbons (Fsp3) is 0.269. The quantitative estimate of drug-likeness (QED) is 0.250. The van der Waals surface area contributed by atoms with E-state index in [9.17, 15) is 14.4 Å². The van der Waals surface area contributed by atoms with E-state index >= 15 is 0 Å².